The quantitative estimate of drug-likeness (QED) is 0.677. The number of hydrogen-bond acceptors (Lipinski definition) is 4. The van der Waals surface area contributed by atoms with E-state index in [9.17, 15) is 13.2 Å². The molecule has 0 saturated carbocycles. The number of sulfonamides is 1. The van der Waals surface area contributed by atoms with Crippen LogP contribution in [0.25, 0.3) is 0 Å². The lowest BCUT2D eigenvalue weighted by Crippen LogP contribution is -2.41. The van der Waals surface area contributed by atoms with Crippen LogP contribution in [0.3, 0.4) is 0 Å². The van der Waals surface area contributed by atoms with Gasteiger partial charge >= 0.3 is 0 Å². The van der Waals surface area contributed by atoms with Crippen molar-refractivity contribution < 1.29 is 13.2 Å². The lowest BCUT2D eigenvalue weighted by Gasteiger charge is -2.31. The highest BCUT2D eigenvalue weighted by atomic mass is 32.2. The van der Waals surface area contributed by atoms with Crippen LogP contribution in [0.15, 0.2) is 40.1 Å². The Bertz CT molecular complexity index is 1030. The molecule has 0 aromatic heterocycles. The molecule has 1 amide bonds. The third-order valence-electron chi connectivity index (χ3n) is 6.06. The van der Waals surface area contributed by atoms with Crippen molar-refractivity contribution in [1.29, 1.82) is 0 Å². The van der Waals surface area contributed by atoms with Gasteiger partial charge in [-0.2, -0.15) is 4.31 Å². The van der Waals surface area contributed by atoms with Gasteiger partial charge in [0.2, 0.25) is 15.9 Å². The van der Waals surface area contributed by atoms with Crippen LogP contribution in [0.5, 0.6) is 0 Å². The number of rotatable bonds is 5. The number of benzene rings is 2. The fourth-order valence-electron chi connectivity index (χ4n) is 4.00. The van der Waals surface area contributed by atoms with Crippen LogP contribution < -0.4 is 5.32 Å². The van der Waals surface area contributed by atoms with Gasteiger partial charge in [-0.25, -0.2) is 8.42 Å². The van der Waals surface area contributed by atoms with E-state index in [0.29, 0.717) is 30.8 Å². The monoisotopic (exact) mass is 446 g/mol. The molecular formula is C23H30N2O3S2. The van der Waals surface area contributed by atoms with Crippen LogP contribution in [0, 0.1) is 33.6 Å². The van der Waals surface area contributed by atoms with E-state index < -0.39 is 10.0 Å². The molecule has 2 aromatic rings. The fourth-order valence-corrected chi connectivity index (χ4v) is 6.51. The number of carbonyl (C=O) groups is 1. The molecule has 5 nitrogen and oxygen atoms in total. The molecule has 0 bridgehead atoms. The van der Waals surface area contributed by atoms with Crippen molar-refractivity contribution in [2.45, 2.75) is 50.3 Å². The highest BCUT2D eigenvalue weighted by Crippen LogP contribution is 2.31. The van der Waals surface area contributed by atoms with E-state index in [-0.39, 0.29) is 11.8 Å². The molecule has 0 aliphatic carbocycles. The summed E-state index contributed by atoms with van der Waals surface area (Å²) in [6.45, 7) is 8.36. The fraction of sp³-hybridized carbons (Fsp3) is 0.435. The van der Waals surface area contributed by atoms with Gasteiger partial charge < -0.3 is 5.32 Å². The van der Waals surface area contributed by atoms with E-state index in [2.05, 4.69) is 5.32 Å². The maximum atomic E-state index is 13.4. The molecule has 1 saturated heterocycles. The van der Waals surface area contributed by atoms with E-state index >= 15 is 0 Å². The van der Waals surface area contributed by atoms with E-state index in [1.54, 1.807) is 16.1 Å². The van der Waals surface area contributed by atoms with Crippen molar-refractivity contribution in [3.63, 3.8) is 0 Å². The van der Waals surface area contributed by atoms with Gasteiger partial charge in [0.15, 0.2) is 0 Å². The van der Waals surface area contributed by atoms with Crippen molar-refractivity contribution in [2.24, 2.45) is 5.92 Å². The van der Waals surface area contributed by atoms with Crippen molar-refractivity contribution in [2.75, 3.05) is 24.7 Å². The molecule has 0 unspecified atom stereocenters. The van der Waals surface area contributed by atoms with Gasteiger partial charge in [0.05, 0.1) is 4.90 Å². The second-order valence-electron chi connectivity index (χ2n) is 7.99. The van der Waals surface area contributed by atoms with Crippen LogP contribution >= 0.6 is 11.8 Å². The minimum atomic E-state index is -3.59. The first-order chi connectivity index (χ1) is 14.1. The first-order valence-corrected chi connectivity index (χ1v) is 12.8. The van der Waals surface area contributed by atoms with Gasteiger partial charge in [-0.3, -0.25) is 4.79 Å². The Morgan fingerprint density at radius 1 is 1.03 bits per heavy atom. The molecule has 1 aliphatic heterocycles. The number of thioether (sulfide) groups is 1. The zero-order valence-corrected chi connectivity index (χ0v) is 19.9. The summed E-state index contributed by atoms with van der Waals surface area (Å²) in [6.07, 6.45) is 3.04. The number of aryl methyl sites for hydroxylation is 2. The first-order valence-electron chi connectivity index (χ1n) is 10.2. The summed E-state index contributed by atoms with van der Waals surface area (Å²) < 4.78 is 28.3. The van der Waals surface area contributed by atoms with E-state index in [1.165, 1.54) is 0 Å². The van der Waals surface area contributed by atoms with Gasteiger partial charge in [-0.05, 0) is 87.2 Å². The molecule has 0 spiro atoms. The van der Waals surface area contributed by atoms with Gasteiger partial charge in [0.1, 0.15) is 0 Å². The highest BCUT2D eigenvalue weighted by molar-refractivity contribution is 7.98. The Hall–Kier alpha value is -1.83. The molecule has 1 heterocycles. The predicted octanol–water partition coefficient (Wildman–Crippen LogP) is 4.68. The van der Waals surface area contributed by atoms with E-state index in [0.717, 1.165) is 32.8 Å². The number of nitrogens with one attached hydrogen (secondary N) is 1. The van der Waals surface area contributed by atoms with Crippen LogP contribution in [0.2, 0.25) is 0 Å². The smallest absolute Gasteiger partial charge is 0.243 e. The topological polar surface area (TPSA) is 66.5 Å². The van der Waals surface area contributed by atoms with E-state index in [1.807, 2.05) is 64.3 Å². The van der Waals surface area contributed by atoms with Crippen LogP contribution in [-0.4, -0.2) is 38.0 Å². The maximum Gasteiger partial charge on any atom is 0.243 e. The second-order valence-corrected chi connectivity index (χ2v) is 10.7. The Morgan fingerprint density at radius 3 is 2.20 bits per heavy atom. The Kier molecular flexibility index (Phi) is 6.95. The molecule has 1 fully saturated rings. The Morgan fingerprint density at radius 2 is 1.63 bits per heavy atom. The molecule has 30 heavy (non-hydrogen) atoms. The molecule has 1 N–H and O–H groups in total. The predicted molar refractivity (Wildman–Crippen MR) is 124 cm³/mol. The van der Waals surface area contributed by atoms with E-state index in [4.69, 9.17) is 0 Å². The van der Waals surface area contributed by atoms with Crippen molar-refractivity contribution in [1.82, 2.24) is 4.31 Å². The third-order valence-corrected chi connectivity index (χ3v) is 8.96. The van der Waals surface area contributed by atoms with Crippen molar-refractivity contribution in [3.05, 3.63) is 52.6 Å². The number of piperidine rings is 1. The summed E-state index contributed by atoms with van der Waals surface area (Å²) in [5.41, 5.74) is 4.37. The summed E-state index contributed by atoms with van der Waals surface area (Å²) in [4.78, 5) is 14.2. The number of anilines is 1. The number of amides is 1. The van der Waals surface area contributed by atoms with Crippen LogP contribution in [0.1, 0.15) is 35.1 Å². The lowest BCUT2D eigenvalue weighted by atomic mass is 9.97. The zero-order chi connectivity index (χ0) is 22.1. The average Bonchev–Trinajstić information content (AvgIpc) is 2.72. The molecular weight excluding hydrogens is 416 g/mol. The van der Waals surface area contributed by atoms with Gasteiger partial charge in [-0.1, -0.05) is 12.1 Å². The molecule has 0 radical (unpaired) electrons. The molecule has 0 atom stereocenters. The lowest BCUT2D eigenvalue weighted by molar-refractivity contribution is -0.120. The highest BCUT2D eigenvalue weighted by Gasteiger charge is 2.34. The Balaban J connectivity index is 1.71. The number of hydrogen-bond donors (Lipinski definition) is 1. The molecule has 162 valence electrons. The number of nitrogens with zero attached hydrogens (tertiary/aromatic N) is 1. The first kappa shape index (κ1) is 22.8. The molecule has 3 rings (SSSR count). The average molecular weight is 447 g/mol. The minimum Gasteiger partial charge on any atom is -0.326 e. The molecule has 7 heteroatoms. The second kappa shape index (κ2) is 9.12. The van der Waals surface area contributed by atoms with Crippen LogP contribution in [-0.2, 0) is 14.8 Å². The van der Waals surface area contributed by atoms with Crippen molar-refractivity contribution >= 4 is 33.4 Å². The summed E-state index contributed by atoms with van der Waals surface area (Å²) in [6, 6.07) is 9.79. The van der Waals surface area contributed by atoms with Gasteiger partial charge in [-0.15, -0.1) is 11.8 Å². The van der Waals surface area contributed by atoms with Gasteiger partial charge in [0.25, 0.3) is 0 Å². The summed E-state index contributed by atoms with van der Waals surface area (Å²) in [7, 11) is -3.59. The zero-order valence-electron chi connectivity index (χ0n) is 18.3. The largest absolute Gasteiger partial charge is 0.326 e. The van der Waals surface area contributed by atoms with Crippen LogP contribution in [0.4, 0.5) is 5.69 Å². The third kappa shape index (κ3) is 4.58. The minimum absolute atomic E-state index is 0.0379. The summed E-state index contributed by atoms with van der Waals surface area (Å²) in [5.74, 6) is -0.222. The maximum absolute atomic E-state index is 13.4. The molecule has 1 aliphatic rings. The summed E-state index contributed by atoms with van der Waals surface area (Å²) >= 11 is 1.63. The Labute approximate surface area is 184 Å². The van der Waals surface area contributed by atoms with Gasteiger partial charge in [0, 0.05) is 29.6 Å². The standard InChI is InChI=1S/C23H30N2O3S2/c1-15-13-16(2)18(4)22(17(15)3)30(27,28)25-11-9-19(10-12-25)23(26)24-20-7-6-8-21(14-20)29-5/h6-8,13-14,19H,9-12H2,1-5H3,(H,24,26). The SMILES string of the molecule is CSc1cccc(NC(=O)C2CCN(S(=O)(=O)c3c(C)c(C)cc(C)c3C)CC2)c1. The summed E-state index contributed by atoms with van der Waals surface area (Å²) in [5, 5.41) is 2.98. The normalized spacial score (nSPS) is 15.9. The molecule has 2 aromatic carbocycles. The van der Waals surface area contributed by atoms with Crippen molar-refractivity contribution in [3.8, 4) is 0 Å². The number of carbonyl (C=O) groups excluding carboxylic acids is 1.